The van der Waals surface area contributed by atoms with Crippen molar-refractivity contribution in [3.63, 3.8) is 0 Å². The Morgan fingerprint density at radius 3 is 2.15 bits per heavy atom. The van der Waals surface area contributed by atoms with Crippen LogP contribution in [0.2, 0.25) is 0 Å². The highest BCUT2D eigenvalue weighted by atomic mass is 19.4. The van der Waals surface area contributed by atoms with E-state index in [1.807, 2.05) is 4.90 Å². The standard InChI is InChI=1S/C24H25F6NO3/c1-33-21-9-16(8-20(11-21)24(28,29)30)13-31-12-15(10-22(32)34-2)7-18(14-31)17-3-5-19(6-4-17)23(25,26)27/h3-6,8-9,11,15,18H,7,10,12-14H2,1-2H3/t15-,18+/m0/s1. The highest BCUT2D eigenvalue weighted by Gasteiger charge is 2.34. The second-order valence-electron chi connectivity index (χ2n) is 8.46. The van der Waals surface area contributed by atoms with Crippen LogP contribution in [0, 0.1) is 5.92 Å². The second kappa shape index (κ2) is 10.2. The molecule has 186 valence electrons. The molecule has 0 radical (unpaired) electrons. The fourth-order valence-corrected chi connectivity index (χ4v) is 4.38. The normalized spacial score (nSPS) is 19.6. The van der Waals surface area contributed by atoms with Crippen LogP contribution in [0.4, 0.5) is 26.3 Å². The summed E-state index contributed by atoms with van der Waals surface area (Å²) in [5.74, 6) is -0.703. The number of esters is 1. The average molecular weight is 489 g/mol. The number of methoxy groups -OCH3 is 2. The minimum absolute atomic E-state index is 0.0761. The van der Waals surface area contributed by atoms with Gasteiger partial charge in [-0.05, 0) is 59.7 Å². The average Bonchev–Trinajstić information content (AvgIpc) is 2.77. The summed E-state index contributed by atoms with van der Waals surface area (Å²) in [6.45, 7) is 1.02. The number of hydrogen-bond acceptors (Lipinski definition) is 4. The fourth-order valence-electron chi connectivity index (χ4n) is 4.38. The number of carbonyl (C=O) groups excluding carboxylic acids is 1. The predicted octanol–water partition coefficient (Wildman–Crippen LogP) is 5.90. The summed E-state index contributed by atoms with van der Waals surface area (Å²) < 4.78 is 88.5. The number of benzene rings is 2. The van der Waals surface area contributed by atoms with Crippen LogP contribution in [-0.4, -0.2) is 38.2 Å². The largest absolute Gasteiger partial charge is 0.497 e. The maximum Gasteiger partial charge on any atom is 0.416 e. The van der Waals surface area contributed by atoms with Crippen LogP contribution >= 0.6 is 0 Å². The van der Waals surface area contributed by atoms with Crippen LogP contribution in [0.25, 0.3) is 0 Å². The van der Waals surface area contributed by atoms with Gasteiger partial charge in [0.2, 0.25) is 0 Å². The molecule has 4 nitrogen and oxygen atoms in total. The van der Waals surface area contributed by atoms with Crippen molar-refractivity contribution in [1.82, 2.24) is 4.90 Å². The third-order valence-corrected chi connectivity index (χ3v) is 5.94. The lowest BCUT2D eigenvalue weighted by Crippen LogP contribution is -2.40. The van der Waals surface area contributed by atoms with Crippen LogP contribution in [0.3, 0.4) is 0 Å². The molecule has 1 aliphatic heterocycles. The Morgan fingerprint density at radius 1 is 0.941 bits per heavy atom. The van der Waals surface area contributed by atoms with Gasteiger partial charge in [0, 0.05) is 26.1 Å². The zero-order valence-electron chi connectivity index (χ0n) is 18.7. The van der Waals surface area contributed by atoms with E-state index in [9.17, 15) is 31.1 Å². The number of alkyl halides is 6. The molecule has 3 rings (SSSR count). The van der Waals surface area contributed by atoms with E-state index in [2.05, 4.69) is 0 Å². The molecule has 1 aliphatic rings. The lowest BCUT2D eigenvalue weighted by Gasteiger charge is -2.38. The molecule has 1 fully saturated rings. The fraction of sp³-hybridized carbons (Fsp3) is 0.458. The van der Waals surface area contributed by atoms with Crippen molar-refractivity contribution < 1.29 is 40.6 Å². The van der Waals surface area contributed by atoms with E-state index in [-0.39, 0.29) is 30.6 Å². The molecule has 0 amide bonds. The molecule has 1 heterocycles. The van der Waals surface area contributed by atoms with Gasteiger partial charge in [-0.15, -0.1) is 0 Å². The van der Waals surface area contributed by atoms with Crippen molar-refractivity contribution in [2.45, 2.75) is 37.7 Å². The number of ether oxygens (including phenoxy) is 2. The second-order valence-corrected chi connectivity index (χ2v) is 8.46. The van der Waals surface area contributed by atoms with Crippen molar-refractivity contribution in [2.24, 2.45) is 5.92 Å². The number of halogens is 6. The van der Waals surface area contributed by atoms with Crippen LogP contribution in [0.1, 0.15) is 41.0 Å². The van der Waals surface area contributed by atoms with Crippen LogP contribution in [-0.2, 0) is 28.4 Å². The highest BCUT2D eigenvalue weighted by Crippen LogP contribution is 2.37. The molecule has 2 atom stereocenters. The molecule has 34 heavy (non-hydrogen) atoms. The Bertz CT molecular complexity index is 988. The summed E-state index contributed by atoms with van der Waals surface area (Å²) >= 11 is 0. The minimum atomic E-state index is -4.54. The van der Waals surface area contributed by atoms with Gasteiger partial charge < -0.3 is 9.47 Å². The summed E-state index contributed by atoms with van der Waals surface area (Å²) in [5.41, 5.74) is -0.527. The van der Waals surface area contributed by atoms with E-state index < -0.39 is 29.4 Å². The van der Waals surface area contributed by atoms with Crippen LogP contribution in [0.15, 0.2) is 42.5 Å². The molecule has 0 unspecified atom stereocenters. The predicted molar refractivity (Wildman–Crippen MR) is 112 cm³/mol. The molecular weight excluding hydrogens is 464 g/mol. The summed E-state index contributed by atoms with van der Waals surface area (Å²) in [7, 11) is 2.55. The number of hydrogen-bond donors (Lipinski definition) is 0. The maximum atomic E-state index is 13.3. The smallest absolute Gasteiger partial charge is 0.416 e. The first-order valence-electron chi connectivity index (χ1n) is 10.6. The minimum Gasteiger partial charge on any atom is -0.497 e. The van der Waals surface area contributed by atoms with Crippen molar-refractivity contribution in [1.29, 1.82) is 0 Å². The Kier molecular flexibility index (Phi) is 7.80. The van der Waals surface area contributed by atoms with Gasteiger partial charge in [0.15, 0.2) is 0 Å². The summed E-state index contributed by atoms with van der Waals surface area (Å²) in [6.07, 6.45) is -8.34. The van der Waals surface area contributed by atoms with Crippen LogP contribution < -0.4 is 4.74 Å². The summed E-state index contributed by atoms with van der Waals surface area (Å²) in [5, 5.41) is 0. The van der Waals surface area contributed by atoms with Crippen molar-refractivity contribution in [3.8, 4) is 5.75 Å². The van der Waals surface area contributed by atoms with Gasteiger partial charge in [-0.2, -0.15) is 26.3 Å². The van der Waals surface area contributed by atoms with Crippen molar-refractivity contribution in [2.75, 3.05) is 27.3 Å². The first kappa shape index (κ1) is 25.9. The highest BCUT2D eigenvalue weighted by molar-refractivity contribution is 5.69. The Hall–Kier alpha value is -2.75. The zero-order chi connectivity index (χ0) is 25.1. The SMILES string of the molecule is COC(=O)C[C@@H]1C[C@@H](c2ccc(C(F)(F)F)cc2)CN(Cc2cc(OC)cc(C(F)(F)F)c2)C1. The lowest BCUT2D eigenvalue weighted by atomic mass is 9.82. The van der Waals surface area contributed by atoms with Gasteiger partial charge in [-0.25, -0.2) is 0 Å². The van der Waals surface area contributed by atoms with E-state index in [0.29, 0.717) is 30.6 Å². The van der Waals surface area contributed by atoms with Gasteiger partial charge in [0.05, 0.1) is 25.3 Å². The van der Waals surface area contributed by atoms with Crippen molar-refractivity contribution in [3.05, 3.63) is 64.7 Å². The third-order valence-electron chi connectivity index (χ3n) is 5.94. The van der Waals surface area contributed by atoms with Crippen molar-refractivity contribution >= 4 is 5.97 Å². The molecule has 10 heteroatoms. The molecule has 0 aromatic heterocycles. The van der Waals surface area contributed by atoms with Gasteiger partial charge >= 0.3 is 18.3 Å². The number of piperidine rings is 1. The first-order valence-corrected chi connectivity index (χ1v) is 10.6. The van der Waals surface area contributed by atoms with E-state index in [1.165, 1.54) is 32.4 Å². The molecule has 1 saturated heterocycles. The number of nitrogens with zero attached hydrogens (tertiary/aromatic N) is 1. The van der Waals surface area contributed by atoms with Gasteiger partial charge in [0.25, 0.3) is 0 Å². The molecule has 2 aromatic carbocycles. The summed E-state index contributed by atoms with van der Waals surface area (Å²) in [6, 6.07) is 8.36. The van der Waals surface area contributed by atoms with Gasteiger partial charge in [-0.3, -0.25) is 9.69 Å². The third kappa shape index (κ3) is 6.65. The zero-order valence-corrected chi connectivity index (χ0v) is 18.7. The number of rotatable bonds is 6. The Morgan fingerprint density at radius 2 is 1.59 bits per heavy atom. The first-order chi connectivity index (χ1) is 15.9. The monoisotopic (exact) mass is 489 g/mol. The molecule has 0 aliphatic carbocycles. The topological polar surface area (TPSA) is 38.8 Å². The molecular formula is C24H25F6NO3. The summed E-state index contributed by atoms with van der Waals surface area (Å²) in [4.78, 5) is 13.8. The van der Waals surface area contributed by atoms with Gasteiger partial charge in [-0.1, -0.05) is 12.1 Å². The lowest BCUT2D eigenvalue weighted by molar-refractivity contribution is -0.142. The van der Waals surface area contributed by atoms with E-state index in [4.69, 9.17) is 9.47 Å². The van der Waals surface area contributed by atoms with E-state index in [1.54, 1.807) is 0 Å². The molecule has 0 saturated carbocycles. The molecule has 0 spiro atoms. The Balaban J connectivity index is 1.86. The Labute approximate surface area is 193 Å². The molecule has 0 N–H and O–H groups in total. The van der Waals surface area contributed by atoms with Crippen LogP contribution in [0.5, 0.6) is 5.75 Å². The number of likely N-dealkylation sites (tertiary alicyclic amines) is 1. The quantitative estimate of drug-likeness (QED) is 0.374. The molecule has 2 aromatic rings. The maximum absolute atomic E-state index is 13.3. The molecule has 0 bridgehead atoms. The van der Waals surface area contributed by atoms with E-state index in [0.717, 1.165) is 24.3 Å². The van der Waals surface area contributed by atoms with Gasteiger partial charge in [0.1, 0.15) is 5.75 Å². The number of carbonyl (C=O) groups is 1. The van der Waals surface area contributed by atoms with E-state index >= 15 is 0 Å².